The van der Waals surface area contributed by atoms with Gasteiger partial charge in [-0.05, 0) is 0 Å². The van der Waals surface area contributed by atoms with E-state index >= 15 is 0 Å². The number of rotatable bonds is 0. The third kappa shape index (κ3) is 8.99. The zero-order chi connectivity index (χ0) is 0. The van der Waals surface area contributed by atoms with Crippen LogP contribution in [0.25, 0.3) is 0 Å². The van der Waals surface area contributed by atoms with Crippen LogP contribution in [0.4, 0.5) is 0 Å². The Hall–Kier alpha value is 2.01. The van der Waals surface area contributed by atoms with Gasteiger partial charge in [-0.3, -0.25) is 0 Å². The van der Waals surface area contributed by atoms with Gasteiger partial charge in [0, 0.05) is 0 Å². The van der Waals surface area contributed by atoms with Crippen molar-refractivity contribution in [3.8, 4) is 0 Å². The van der Waals surface area contributed by atoms with Crippen molar-refractivity contribution < 1.29 is 27.7 Å². The van der Waals surface area contributed by atoms with E-state index in [-0.39, 0.29) is 75.5 Å². The molecule has 0 aliphatic heterocycles. The SMILES string of the molecule is [Be+2].[Ca+2].[Cl-].[Cl-].[H-].[H-]. The Balaban J connectivity index is 0. The molecule has 4 heteroatoms. The van der Waals surface area contributed by atoms with Crippen molar-refractivity contribution >= 4 is 47.9 Å². The van der Waals surface area contributed by atoms with Crippen molar-refractivity contribution in [2.75, 3.05) is 0 Å². The summed E-state index contributed by atoms with van der Waals surface area (Å²) in [5, 5.41) is 0. The molecule has 0 amide bonds. The van der Waals surface area contributed by atoms with Gasteiger partial charge in [0.2, 0.25) is 0 Å². The van der Waals surface area contributed by atoms with Gasteiger partial charge in [-0.15, -0.1) is 0 Å². The maximum Gasteiger partial charge on any atom is 2.00 e. The minimum Gasteiger partial charge on any atom is -1.00 e. The molecule has 0 aliphatic carbocycles. The van der Waals surface area contributed by atoms with Crippen molar-refractivity contribution in [3.05, 3.63) is 0 Å². The first-order valence-electron chi connectivity index (χ1n) is 0. The largest absolute Gasteiger partial charge is 2.00 e. The molecular formula is H2BeCaCl2. The topological polar surface area (TPSA) is 0 Å². The minimum atomic E-state index is 0. The van der Waals surface area contributed by atoms with Crippen LogP contribution in [0.5, 0.6) is 0 Å². The summed E-state index contributed by atoms with van der Waals surface area (Å²) < 4.78 is 0. The van der Waals surface area contributed by atoms with Gasteiger partial charge in [0.15, 0.2) is 0 Å². The van der Waals surface area contributed by atoms with E-state index in [1.54, 1.807) is 0 Å². The Kier molecular flexibility index (Phi) is 186. The van der Waals surface area contributed by atoms with Crippen molar-refractivity contribution in [1.82, 2.24) is 0 Å². The fourth-order valence-electron chi connectivity index (χ4n) is 0. The molecular weight excluding hydrogens is 120 g/mol. The summed E-state index contributed by atoms with van der Waals surface area (Å²) in [6, 6.07) is 0. The molecule has 0 fully saturated rings. The van der Waals surface area contributed by atoms with Crippen molar-refractivity contribution in [1.29, 1.82) is 0 Å². The Morgan fingerprint density at radius 3 is 1.00 bits per heavy atom. The third-order valence-corrected chi connectivity index (χ3v) is 0. The molecule has 0 N–H and O–H groups in total. The average molecular weight is 122 g/mol. The monoisotopic (exact) mass is 121 g/mol. The molecule has 0 saturated heterocycles. The molecule has 0 nitrogen and oxygen atoms in total. The van der Waals surface area contributed by atoms with E-state index in [1.807, 2.05) is 0 Å². The first-order chi connectivity index (χ1) is 0. The molecule has 0 aromatic carbocycles. The van der Waals surface area contributed by atoms with Gasteiger partial charge in [-0.2, -0.15) is 0 Å². The maximum atomic E-state index is 0. The first-order valence-corrected chi connectivity index (χ1v) is 0. The van der Waals surface area contributed by atoms with Gasteiger partial charge < -0.3 is 27.7 Å². The van der Waals surface area contributed by atoms with E-state index in [9.17, 15) is 0 Å². The van der Waals surface area contributed by atoms with E-state index in [4.69, 9.17) is 0 Å². The van der Waals surface area contributed by atoms with Crippen molar-refractivity contribution in [2.24, 2.45) is 0 Å². The van der Waals surface area contributed by atoms with Crippen molar-refractivity contribution in [3.63, 3.8) is 0 Å². The molecule has 0 rings (SSSR count). The van der Waals surface area contributed by atoms with Crippen LogP contribution in [0.3, 0.4) is 0 Å². The number of halogens is 2. The van der Waals surface area contributed by atoms with Gasteiger partial charge in [0.25, 0.3) is 0 Å². The Labute approximate surface area is 74.7 Å². The van der Waals surface area contributed by atoms with Gasteiger partial charge >= 0.3 is 47.9 Å². The van der Waals surface area contributed by atoms with E-state index in [2.05, 4.69) is 0 Å². The summed E-state index contributed by atoms with van der Waals surface area (Å²) in [5.41, 5.74) is 0. The smallest absolute Gasteiger partial charge is 1.00 e. The molecule has 0 aromatic rings. The quantitative estimate of drug-likeness (QED) is 0.280. The van der Waals surface area contributed by atoms with Crippen LogP contribution in [0, 0.1) is 0 Å². The molecule has 0 bridgehead atoms. The number of hydrogen-bond donors (Lipinski definition) is 0. The molecule has 0 aromatic heterocycles. The predicted octanol–water partition coefficient (Wildman–Crippen LogP) is -6.53. The third-order valence-electron chi connectivity index (χ3n) is 0. The minimum absolute atomic E-state index is 0. The second kappa shape index (κ2) is 19.9. The molecule has 0 atom stereocenters. The van der Waals surface area contributed by atoms with E-state index in [0.29, 0.717) is 0 Å². The van der Waals surface area contributed by atoms with Gasteiger partial charge in [0.05, 0.1) is 0 Å². The van der Waals surface area contributed by atoms with Crippen LogP contribution in [-0.2, 0) is 0 Å². The molecule has 0 saturated carbocycles. The van der Waals surface area contributed by atoms with E-state index < -0.39 is 0 Å². The predicted molar refractivity (Wildman–Crippen MR) is 13.7 cm³/mol. The summed E-state index contributed by atoms with van der Waals surface area (Å²) in [6.07, 6.45) is 0. The summed E-state index contributed by atoms with van der Waals surface area (Å²) in [5.74, 6) is 0. The van der Waals surface area contributed by atoms with Crippen LogP contribution < -0.4 is 24.8 Å². The molecule has 0 unspecified atom stereocenters. The summed E-state index contributed by atoms with van der Waals surface area (Å²) in [7, 11) is 0. The molecule has 0 spiro atoms. The maximum absolute atomic E-state index is 0. The fourth-order valence-corrected chi connectivity index (χ4v) is 0. The Bertz CT molecular complexity index is 11.5. The van der Waals surface area contributed by atoms with Gasteiger partial charge in [-0.1, -0.05) is 0 Å². The fraction of sp³-hybridized carbons (Fsp3) is 0. The van der Waals surface area contributed by atoms with Crippen LogP contribution >= 0.6 is 0 Å². The summed E-state index contributed by atoms with van der Waals surface area (Å²) >= 11 is 0. The zero-order valence-electron chi connectivity index (χ0n) is 4.17. The normalized spacial score (nSPS) is 0. The molecule has 0 aliphatic rings. The van der Waals surface area contributed by atoms with Gasteiger partial charge in [-0.25, -0.2) is 0 Å². The second-order valence-corrected chi connectivity index (χ2v) is 0. The first kappa shape index (κ1) is 37.4. The van der Waals surface area contributed by atoms with Crippen LogP contribution in [0.1, 0.15) is 2.85 Å². The second-order valence-electron chi connectivity index (χ2n) is 0. The summed E-state index contributed by atoms with van der Waals surface area (Å²) in [6.45, 7) is 0. The van der Waals surface area contributed by atoms with Crippen LogP contribution in [-0.4, -0.2) is 47.9 Å². The number of hydrogen-bond acceptors (Lipinski definition) is 0. The van der Waals surface area contributed by atoms with E-state index in [0.717, 1.165) is 0 Å². The van der Waals surface area contributed by atoms with Crippen LogP contribution in [0.2, 0.25) is 0 Å². The van der Waals surface area contributed by atoms with Crippen LogP contribution in [0.15, 0.2) is 0 Å². The standard InChI is InChI=1S/Be.Ca.2ClH.2H/h;;2*1H;;/q2*+2;;;2*-1/p-2. The summed E-state index contributed by atoms with van der Waals surface area (Å²) in [4.78, 5) is 0. The zero-order valence-corrected chi connectivity index (χ0v) is 5.89. The van der Waals surface area contributed by atoms with E-state index in [1.165, 1.54) is 0 Å². The Morgan fingerprint density at radius 2 is 1.00 bits per heavy atom. The molecule has 20 valence electrons. The average Bonchev–Trinajstić information content (AvgIpc) is 0. The van der Waals surface area contributed by atoms with Crippen molar-refractivity contribution in [2.45, 2.75) is 0 Å². The molecule has 4 heavy (non-hydrogen) atoms. The van der Waals surface area contributed by atoms with Gasteiger partial charge in [0.1, 0.15) is 0 Å². The molecule has 0 radical (unpaired) electrons. The molecule has 0 heterocycles. The Morgan fingerprint density at radius 1 is 1.00 bits per heavy atom.